The van der Waals surface area contributed by atoms with E-state index in [1.54, 1.807) is 12.1 Å². The van der Waals surface area contributed by atoms with Crippen LogP contribution in [0.3, 0.4) is 0 Å². The molecule has 1 N–H and O–H groups in total. The highest BCUT2D eigenvalue weighted by Crippen LogP contribution is 2.17. The average molecular weight is 270 g/mol. The van der Waals surface area contributed by atoms with Crippen molar-refractivity contribution < 1.29 is 14.6 Å². The molecule has 2 rings (SSSR count). The molecule has 3 heteroatoms. The van der Waals surface area contributed by atoms with E-state index in [4.69, 9.17) is 4.74 Å². The van der Waals surface area contributed by atoms with Crippen molar-refractivity contribution in [1.29, 1.82) is 0 Å². The summed E-state index contributed by atoms with van der Waals surface area (Å²) >= 11 is 0. The van der Waals surface area contributed by atoms with Gasteiger partial charge in [-0.1, -0.05) is 42.0 Å². The molecule has 0 radical (unpaired) electrons. The molecular weight excluding hydrogens is 252 g/mol. The van der Waals surface area contributed by atoms with Gasteiger partial charge < -0.3 is 9.84 Å². The van der Waals surface area contributed by atoms with Gasteiger partial charge in [-0.15, -0.1) is 0 Å². The molecule has 2 aromatic rings. The van der Waals surface area contributed by atoms with E-state index in [1.165, 1.54) is 0 Å². The van der Waals surface area contributed by atoms with Gasteiger partial charge in [0, 0.05) is 6.42 Å². The van der Waals surface area contributed by atoms with E-state index in [0.29, 0.717) is 12.2 Å². The lowest BCUT2D eigenvalue weighted by Crippen LogP contribution is -2.29. The van der Waals surface area contributed by atoms with Gasteiger partial charge in [-0.3, -0.25) is 0 Å². The van der Waals surface area contributed by atoms with E-state index in [9.17, 15) is 9.90 Å². The number of carboxylic acid groups (broad SMARTS) is 1. The first-order valence-corrected chi connectivity index (χ1v) is 6.57. The van der Waals surface area contributed by atoms with E-state index >= 15 is 0 Å². The summed E-state index contributed by atoms with van der Waals surface area (Å²) in [5.41, 5.74) is 3.18. The molecule has 0 saturated heterocycles. The van der Waals surface area contributed by atoms with Crippen molar-refractivity contribution in [2.45, 2.75) is 26.4 Å². The van der Waals surface area contributed by atoms with Gasteiger partial charge in [0.05, 0.1) is 0 Å². The summed E-state index contributed by atoms with van der Waals surface area (Å²) in [7, 11) is 0. The number of hydrogen-bond acceptors (Lipinski definition) is 2. The number of hydrogen-bond donors (Lipinski definition) is 1. The van der Waals surface area contributed by atoms with Gasteiger partial charge in [-0.25, -0.2) is 4.79 Å². The monoisotopic (exact) mass is 270 g/mol. The van der Waals surface area contributed by atoms with E-state index in [0.717, 1.165) is 16.7 Å². The summed E-state index contributed by atoms with van der Waals surface area (Å²) < 4.78 is 5.59. The Balaban J connectivity index is 2.14. The smallest absolute Gasteiger partial charge is 0.345 e. The standard InChI is InChI=1S/C17H18O3/c1-12-7-9-15(10-8-12)20-16(17(18)19)11-14-6-4-3-5-13(14)2/h3-10,16H,11H2,1-2H3,(H,18,19). The van der Waals surface area contributed by atoms with Crippen LogP contribution in [0.25, 0.3) is 0 Å². The zero-order valence-corrected chi connectivity index (χ0v) is 11.7. The lowest BCUT2D eigenvalue weighted by molar-refractivity contribution is -0.145. The molecule has 20 heavy (non-hydrogen) atoms. The van der Waals surface area contributed by atoms with Crippen LogP contribution in [-0.2, 0) is 11.2 Å². The Labute approximate surface area is 118 Å². The molecule has 0 amide bonds. The zero-order valence-electron chi connectivity index (χ0n) is 11.7. The summed E-state index contributed by atoms with van der Waals surface area (Å²) in [4.78, 5) is 11.4. The van der Waals surface area contributed by atoms with Crippen LogP contribution in [-0.4, -0.2) is 17.2 Å². The van der Waals surface area contributed by atoms with Gasteiger partial charge in [0.15, 0.2) is 6.10 Å². The number of carbonyl (C=O) groups is 1. The maximum absolute atomic E-state index is 11.4. The topological polar surface area (TPSA) is 46.5 Å². The van der Waals surface area contributed by atoms with Gasteiger partial charge in [-0.2, -0.15) is 0 Å². The van der Waals surface area contributed by atoms with Gasteiger partial charge in [0.25, 0.3) is 0 Å². The van der Waals surface area contributed by atoms with Crippen LogP contribution in [0.4, 0.5) is 0 Å². The molecule has 0 fully saturated rings. The quantitative estimate of drug-likeness (QED) is 0.906. The van der Waals surface area contributed by atoms with E-state index in [2.05, 4.69) is 0 Å². The number of ether oxygens (including phenoxy) is 1. The first-order chi connectivity index (χ1) is 9.56. The Morgan fingerprint density at radius 3 is 2.35 bits per heavy atom. The fourth-order valence-electron chi connectivity index (χ4n) is 2.00. The Bertz CT molecular complexity index is 587. The number of rotatable bonds is 5. The highest BCUT2D eigenvalue weighted by atomic mass is 16.5. The van der Waals surface area contributed by atoms with Crippen molar-refractivity contribution in [3.05, 3.63) is 65.2 Å². The lowest BCUT2D eigenvalue weighted by atomic mass is 10.0. The summed E-state index contributed by atoms with van der Waals surface area (Å²) in [6, 6.07) is 15.2. The highest BCUT2D eigenvalue weighted by Gasteiger charge is 2.20. The Hall–Kier alpha value is -2.29. The maximum atomic E-state index is 11.4. The minimum atomic E-state index is -0.950. The Morgan fingerprint density at radius 2 is 1.75 bits per heavy atom. The number of aryl methyl sites for hydroxylation is 2. The SMILES string of the molecule is Cc1ccc(OC(Cc2ccccc2C)C(=O)O)cc1. The van der Waals surface area contributed by atoms with Crippen molar-refractivity contribution >= 4 is 5.97 Å². The first-order valence-electron chi connectivity index (χ1n) is 6.57. The molecule has 0 aliphatic carbocycles. The van der Waals surface area contributed by atoms with Crippen LogP contribution in [0.15, 0.2) is 48.5 Å². The van der Waals surface area contributed by atoms with Crippen LogP contribution in [0.5, 0.6) is 5.75 Å². The van der Waals surface area contributed by atoms with Crippen LogP contribution >= 0.6 is 0 Å². The molecule has 0 saturated carbocycles. The predicted molar refractivity (Wildman–Crippen MR) is 78.1 cm³/mol. The molecule has 0 aliphatic rings. The number of carboxylic acids is 1. The molecule has 0 spiro atoms. The summed E-state index contributed by atoms with van der Waals surface area (Å²) in [5, 5.41) is 9.32. The van der Waals surface area contributed by atoms with Crippen molar-refractivity contribution in [3.63, 3.8) is 0 Å². The van der Waals surface area contributed by atoms with E-state index < -0.39 is 12.1 Å². The van der Waals surface area contributed by atoms with Crippen molar-refractivity contribution in [1.82, 2.24) is 0 Å². The lowest BCUT2D eigenvalue weighted by Gasteiger charge is -2.16. The molecule has 104 valence electrons. The van der Waals surface area contributed by atoms with Gasteiger partial charge in [0.1, 0.15) is 5.75 Å². The number of benzene rings is 2. The van der Waals surface area contributed by atoms with Crippen LogP contribution in [0.1, 0.15) is 16.7 Å². The molecule has 0 bridgehead atoms. The molecule has 3 nitrogen and oxygen atoms in total. The number of aliphatic carboxylic acids is 1. The normalized spacial score (nSPS) is 11.9. The Kier molecular flexibility index (Phi) is 4.41. The minimum absolute atomic E-state index is 0.357. The Morgan fingerprint density at radius 1 is 1.10 bits per heavy atom. The van der Waals surface area contributed by atoms with Gasteiger partial charge in [0.2, 0.25) is 0 Å². The summed E-state index contributed by atoms with van der Waals surface area (Å²) in [5.74, 6) is -0.370. The van der Waals surface area contributed by atoms with E-state index in [1.807, 2.05) is 50.2 Å². The average Bonchev–Trinajstić information content (AvgIpc) is 2.42. The second-order valence-corrected chi connectivity index (χ2v) is 4.89. The third kappa shape index (κ3) is 3.60. The van der Waals surface area contributed by atoms with Crippen LogP contribution in [0.2, 0.25) is 0 Å². The van der Waals surface area contributed by atoms with Crippen LogP contribution in [0, 0.1) is 13.8 Å². The third-order valence-electron chi connectivity index (χ3n) is 3.24. The molecular formula is C17H18O3. The summed E-state index contributed by atoms with van der Waals surface area (Å²) in [6.07, 6.45) is -0.519. The van der Waals surface area contributed by atoms with Gasteiger partial charge >= 0.3 is 5.97 Å². The zero-order chi connectivity index (χ0) is 14.5. The fraction of sp³-hybridized carbons (Fsp3) is 0.235. The summed E-state index contributed by atoms with van der Waals surface area (Å²) in [6.45, 7) is 3.95. The predicted octanol–water partition coefficient (Wildman–Crippen LogP) is 3.38. The minimum Gasteiger partial charge on any atom is -0.478 e. The molecule has 0 aromatic heterocycles. The fourth-order valence-corrected chi connectivity index (χ4v) is 2.00. The molecule has 2 aromatic carbocycles. The van der Waals surface area contributed by atoms with Crippen molar-refractivity contribution in [2.24, 2.45) is 0 Å². The van der Waals surface area contributed by atoms with Gasteiger partial charge in [-0.05, 0) is 37.1 Å². The second-order valence-electron chi connectivity index (χ2n) is 4.89. The largest absolute Gasteiger partial charge is 0.478 e. The molecule has 1 unspecified atom stereocenters. The molecule has 1 atom stereocenters. The van der Waals surface area contributed by atoms with Crippen molar-refractivity contribution in [3.8, 4) is 5.75 Å². The van der Waals surface area contributed by atoms with Crippen molar-refractivity contribution in [2.75, 3.05) is 0 Å². The van der Waals surface area contributed by atoms with E-state index in [-0.39, 0.29) is 0 Å². The first kappa shape index (κ1) is 14.1. The molecule has 0 heterocycles. The maximum Gasteiger partial charge on any atom is 0.345 e. The second kappa shape index (κ2) is 6.24. The highest BCUT2D eigenvalue weighted by molar-refractivity contribution is 5.73. The third-order valence-corrected chi connectivity index (χ3v) is 3.24. The molecule has 0 aliphatic heterocycles. The van der Waals surface area contributed by atoms with Crippen LogP contribution < -0.4 is 4.74 Å².